The molecule has 2 aromatic rings. The van der Waals surface area contributed by atoms with Crippen LogP contribution in [0, 0.1) is 5.82 Å². The van der Waals surface area contributed by atoms with Crippen molar-refractivity contribution in [2.45, 2.75) is 6.42 Å². The van der Waals surface area contributed by atoms with Gasteiger partial charge in [0, 0.05) is 6.54 Å². The zero-order chi connectivity index (χ0) is 13.7. The van der Waals surface area contributed by atoms with Crippen molar-refractivity contribution in [3.8, 4) is 0 Å². The summed E-state index contributed by atoms with van der Waals surface area (Å²) in [6.07, 6.45) is 0.636. The van der Waals surface area contributed by atoms with Gasteiger partial charge in [0.15, 0.2) is 5.69 Å². The fourth-order valence-corrected chi connectivity index (χ4v) is 1.68. The summed E-state index contributed by atoms with van der Waals surface area (Å²) in [5.74, 6) is -0.825. The predicted octanol–water partition coefficient (Wildman–Crippen LogP) is 2.57. The number of nitrogens with zero attached hydrogens (tertiary/aromatic N) is 1. The summed E-state index contributed by atoms with van der Waals surface area (Å²) in [6, 6.07) is 11.1. The Hall–Kier alpha value is -2.43. The molecule has 0 aliphatic carbocycles. The van der Waals surface area contributed by atoms with Crippen molar-refractivity contribution in [3.05, 3.63) is 59.5 Å². The lowest BCUT2D eigenvalue weighted by molar-refractivity contribution is 0.0690. The fraction of sp³-hybridized carbons (Fsp3) is 0.143. The Morgan fingerprint density at radius 3 is 2.79 bits per heavy atom. The minimum Gasteiger partial charge on any atom is -0.477 e. The minimum atomic E-state index is -1.06. The molecule has 0 aliphatic heterocycles. The lowest BCUT2D eigenvalue weighted by atomic mass is 10.1. The van der Waals surface area contributed by atoms with Crippen LogP contribution in [0.5, 0.6) is 0 Å². The summed E-state index contributed by atoms with van der Waals surface area (Å²) >= 11 is 0. The summed E-state index contributed by atoms with van der Waals surface area (Å²) in [4.78, 5) is 14.7. The van der Waals surface area contributed by atoms with E-state index in [1.54, 1.807) is 18.2 Å². The first kappa shape index (κ1) is 13.0. The molecule has 0 atom stereocenters. The monoisotopic (exact) mass is 260 g/mol. The Kier molecular flexibility index (Phi) is 4.07. The summed E-state index contributed by atoms with van der Waals surface area (Å²) < 4.78 is 13.0. The van der Waals surface area contributed by atoms with E-state index < -0.39 is 5.97 Å². The van der Waals surface area contributed by atoms with Gasteiger partial charge in [-0.15, -0.1) is 0 Å². The molecule has 4 nitrogen and oxygen atoms in total. The third-order valence-electron chi connectivity index (χ3n) is 2.58. The van der Waals surface area contributed by atoms with Crippen LogP contribution in [0.15, 0.2) is 42.5 Å². The molecule has 0 saturated carbocycles. The number of hydrogen-bond donors (Lipinski definition) is 2. The molecule has 98 valence electrons. The van der Waals surface area contributed by atoms with Crippen molar-refractivity contribution in [2.24, 2.45) is 0 Å². The van der Waals surface area contributed by atoms with Gasteiger partial charge in [0.25, 0.3) is 0 Å². The molecule has 0 aliphatic rings. The van der Waals surface area contributed by atoms with E-state index in [4.69, 9.17) is 5.11 Å². The van der Waals surface area contributed by atoms with Gasteiger partial charge in [-0.3, -0.25) is 0 Å². The van der Waals surface area contributed by atoms with E-state index in [-0.39, 0.29) is 11.5 Å². The molecule has 2 N–H and O–H groups in total. The molecule has 5 heteroatoms. The summed E-state index contributed by atoms with van der Waals surface area (Å²) in [5, 5.41) is 11.8. The number of carboxylic acid groups (broad SMARTS) is 1. The maximum absolute atomic E-state index is 13.0. The van der Waals surface area contributed by atoms with Crippen molar-refractivity contribution in [3.63, 3.8) is 0 Å². The third-order valence-corrected chi connectivity index (χ3v) is 2.58. The highest BCUT2D eigenvalue weighted by Gasteiger charge is 2.04. The van der Waals surface area contributed by atoms with E-state index in [9.17, 15) is 9.18 Å². The van der Waals surface area contributed by atoms with Crippen LogP contribution >= 0.6 is 0 Å². The number of anilines is 1. The summed E-state index contributed by atoms with van der Waals surface area (Å²) in [7, 11) is 0. The average molecular weight is 260 g/mol. The van der Waals surface area contributed by atoms with E-state index in [1.807, 2.05) is 6.07 Å². The summed E-state index contributed by atoms with van der Waals surface area (Å²) in [6.45, 7) is 0.555. The van der Waals surface area contributed by atoms with Crippen LogP contribution in [0.2, 0.25) is 0 Å². The molecule has 1 aromatic heterocycles. The number of benzene rings is 1. The number of pyridine rings is 1. The van der Waals surface area contributed by atoms with Gasteiger partial charge in [0.2, 0.25) is 0 Å². The zero-order valence-electron chi connectivity index (χ0n) is 10.1. The second-order valence-electron chi connectivity index (χ2n) is 4.02. The second kappa shape index (κ2) is 5.95. The second-order valence-corrected chi connectivity index (χ2v) is 4.02. The number of aromatic nitrogens is 1. The molecule has 0 amide bonds. The maximum atomic E-state index is 13.0. The van der Waals surface area contributed by atoms with Crippen LogP contribution in [0.1, 0.15) is 16.1 Å². The lowest BCUT2D eigenvalue weighted by Crippen LogP contribution is -2.08. The normalized spacial score (nSPS) is 10.2. The van der Waals surface area contributed by atoms with E-state index in [0.29, 0.717) is 18.8 Å². The van der Waals surface area contributed by atoms with E-state index in [2.05, 4.69) is 10.3 Å². The first-order valence-corrected chi connectivity index (χ1v) is 5.84. The standard InChI is InChI=1S/C14H13FN2O2/c15-11-4-1-3-10(9-11)7-8-16-13-6-2-5-12(17-13)14(18)19/h1-6,9H,7-8H2,(H,16,17)(H,18,19). The number of halogens is 1. The van der Waals surface area contributed by atoms with Crippen LogP contribution in [-0.4, -0.2) is 22.6 Å². The van der Waals surface area contributed by atoms with Gasteiger partial charge < -0.3 is 10.4 Å². The first-order chi connectivity index (χ1) is 9.15. The number of rotatable bonds is 5. The van der Waals surface area contributed by atoms with Gasteiger partial charge >= 0.3 is 5.97 Å². The van der Waals surface area contributed by atoms with Gasteiger partial charge in [-0.2, -0.15) is 0 Å². The molecule has 0 spiro atoms. The predicted molar refractivity (Wildman–Crippen MR) is 69.8 cm³/mol. The molecule has 0 saturated heterocycles. The van der Waals surface area contributed by atoms with Crippen LogP contribution in [-0.2, 0) is 6.42 Å². The molecule has 0 fully saturated rings. The van der Waals surface area contributed by atoms with Crippen molar-refractivity contribution >= 4 is 11.8 Å². The molecule has 0 radical (unpaired) electrons. The zero-order valence-corrected chi connectivity index (χ0v) is 10.1. The SMILES string of the molecule is O=C(O)c1cccc(NCCc2cccc(F)c2)n1. The molecular weight excluding hydrogens is 247 g/mol. The Morgan fingerprint density at radius 1 is 1.26 bits per heavy atom. The highest BCUT2D eigenvalue weighted by Crippen LogP contribution is 2.07. The van der Waals surface area contributed by atoms with Crippen molar-refractivity contribution in [1.82, 2.24) is 4.98 Å². The van der Waals surface area contributed by atoms with Crippen LogP contribution in [0.3, 0.4) is 0 Å². The number of nitrogens with one attached hydrogen (secondary N) is 1. The third kappa shape index (κ3) is 3.77. The topological polar surface area (TPSA) is 62.2 Å². The Labute approximate surface area is 109 Å². The number of carbonyl (C=O) groups is 1. The Bertz CT molecular complexity index is 587. The van der Waals surface area contributed by atoms with Crippen LogP contribution in [0.4, 0.5) is 10.2 Å². The first-order valence-electron chi connectivity index (χ1n) is 5.84. The quantitative estimate of drug-likeness (QED) is 0.867. The number of hydrogen-bond acceptors (Lipinski definition) is 3. The van der Waals surface area contributed by atoms with E-state index in [1.165, 1.54) is 18.2 Å². The molecule has 0 unspecified atom stereocenters. The molecule has 1 heterocycles. The van der Waals surface area contributed by atoms with Gasteiger partial charge in [-0.25, -0.2) is 14.2 Å². The number of aromatic carboxylic acids is 1. The maximum Gasteiger partial charge on any atom is 0.354 e. The van der Waals surface area contributed by atoms with Gasteiger partial charge in [-0.1, -0.05) is 18.2 Å². The minimum absolute atomic E-state index is 0.00393. The van der Waals surface area contributed by atoms with Crippen molar-refractivity contribution in [2.75, 3.05) is 11.9 Å². The highest BCUT2D eigenvalue weighted by molar-refractivity contribution is 5.85. The van der Waals surface area contributed by atoms with Gasteiger partial charge in [0.1, 0.15) is 11.6 Å². The fourth-order valence-electron chi connectivity index (χ4n) is 1.68. The number of carboxylic acids is 1. The van der Waals surface area contributed by atoms with Crippen LogP contribution in [0.25, 0.3) is 0 Å². The Morgan fingerprint density at radius 2 is 2.05 bits per heavy atom. The average Bonchev–Trinajstić information content (AvgIpc) is 2.39. The molecule has 0 bridgehead atoms. The molecular formula is C14H13FN2O2. The van der Waals surface area contributed by atoms with E-state index in [0.717, 1.165) is 5.56 Å². The molecule has 2 rings (SSSR count). The summed E-state index contributed by atoms with van der Waals surface area (Å²) in [5.41, 5.74) is 0.873. The van der Waals surface area contributed by atoms with Gasteiger partial charge in [0.05, 0.1) is 0 Å². The van der Waals surface area contributed by atoms with Crippen LogP contribution < -0.4 is 5.32 Å². The Balaban J connectivity index is 1.92. The van der Waals surface area contributed by atoms with Gasteiger partial charge in [-0.05, 0) is 36.2 Å². The van der Waals surface area contributed by atoms with Crippen molar-refractivity contribution < 1.29 is 14.3 Å². The largest absolute Gasteiger partial charge is 0.477 e. The lowest BCUT2D eigenvalue weighted by Gasteiger charge is -2.06. The van der Waals surface area contributed by atoms with E-state index >= 15 is 0 Å². The highest BCUT2D eigenvalue weighted by atomic mass is 19.1. The molecule has 19 heavy (non-hydrogen) atoms. The van der Waals surface area contributed by atoms with Crippen molar-refractivity contribution in [1.29, 1.82) is 0 Å². The molecule has 1 aromatic carbocycles. The smallest absolute Gasteiger partial charge is 0.354 e.